The summed E-state index contributed by atoms with van der Waals surface area (Å²) in [5.41, 5.74) is 3.43. The Labute approximate surface area is 145 Å². The van der Waals surface area contributed by atoms with Crippen LogP contribution in [-0.4, -0.2) is 7.11 Å². The van der Waals surface area contributed by atoms with E-state index in [-0.39, 0.29) is 10.6 Å². The van der Waals surface area contributed by atoms with E-state index in [0.717, 1.165) is 26.9 Å². The fourth-order valence-corrected chi connectivity index (χ4v) is 3.95. The number of benzene rings is 2. The zero-order valence-electron chi connectivity index (χ0n) is 11.8. The Morgan fingerprint density at radius 2 is 1.90 bits per heavy atom. The van der Waals surface area contributed by atoms with E-state index in [1.54, 1.807) is 19.2 Å². The maximum Gasteiger partial charge on any atom is 0.129 e. The molecule has 0 bridgehead atoms. The van der Waals surface area contributed by atoms with Crippen molar-refractivity contribution in [3.05, 3.63) is 61.8 Å². The minimum absolute atomic E-state index is 0.319. The van der Waals surface area contributed by atoms with Crippen LogP contribution in [0.15, 0.2) is 28.7 Å². The predicted molar refractivity (Wildman–Crippen MR) is 92.3 cm³/mol. The van der Waals surface area contributed by atoms with Gasteiger partial charge < -0.3 is 4.74 Å². The van der Waals surface area contributed by atoms with Gasteiger partial charge in [-0.2, -0.15) is 0 Å². The molecule has 0 saturated carbocycles. The average molecular weight is 437 g/mol. The maximum atomic E-state index is 14.2. The highest BCUT2D eigenvalue weighted by atomic mass is 79.9. The highest BCUT2D eigenvalue weighted by Crippen LogP contribution is 2.43. The minimum atomic E-state index is -0.344. The summed E-state index contributed by atoms with van der Waals surface area (Å²) >= 11 is 13.0. The number of hydrogen-bond donors (Lipinski definition) is 0. The van der Waals surface area contributed by atoms with Gasteiger partial charge >= 0.3 is 0 Å². The van der Waals surface area contributed by atoms with Gasteiger partial charge in [0.1, 0.15) is 11.6 Å². The molecule has 0 aromatic heterocycles. The summed E-state index contributed by atoms with van der Waals surface area (Å²) in [5.74, 6) is 0.412. The Morgan fingerprint density at radius 3 is 2.48 bits per heavy atom. The van der Waals surface area contributed by atoms with Gasteiger partial charge in [-0.1, -0.05) is 49.5 Å². The summed E-state index contributed by atoms with van der Waals surface area (Å²) in [7, 11) is 1.62. The normalized spacial score (nSPS) is 12.3. The Bertz CT molecular complexity index is 688. The highest BCUT2D eigenvalue weighted by molar-refractivity contribution is 9.10. The van der Waals surface area contributed by atoms with Crippen molar-refractivity contribution in [2.45, 2.75) is 18.7 Å². The lowest BCUT2D eigenvalue weighted by Gasteiger charge is -2.21. The van der Waals surface area contributed by atoms with Crippen LogP contribution in [0.1, 0.15) is 27.1 Å². The molecule has 1 nitrogen and oxygen atoms in total. The van der Waals surface area contributed by atoms with Crippen molar-refractivity contribution < 1.29 is 9.13 Å². The van der Waals surface area contributed by atoms with Gasteiger partial charge in [0.25, 0.3) is 0 Å². The molecule has 112 valence electrons. The van der Waals surface area contributed by atoms with Crippen molar-refractivity contribution >= 4 is 43.5 Å². The second-order valence-electron chi connectivity index (χ2n) is 4.78. The maximum absolute atomic E-state index is 14.2. The third-order valence-electron chi connectivity index (χ3n) is 3.40. The van der Waals surface area contributed by atoms with Gasteiger partial charge in [-0.15, -0.1) is 0 Å². The fraction of sp³-hybridized carbons (Fsp3) is 0.250. The Kier molecular flexibility index (Phi) is 5.33. The lowest BCUT2D eigenvalue weighted by atomic mass is 9.96. The van der Waals surface area contributed by atoms with Gasteiger partial charge in [-0.3, -0.25) is 0 Å². The minimum Gasteiger partial charge on any atom is -0.496 e. The molecule has 2 rings (SSSR count). The molecule has 1 unspecified atom stereocenters. The molecule has 1 atom stereocenters. The van der Waals surface area contributed by atoms with Gasteiger partial charge in [0.05, 0.1) is 11.9 Å². The molecule has 0 aliphatic rings. The van der Waals surface area contributed by atoms with E-state index >= 15 is 0 Å². The molecule has 0 aliphatic carbocycles. The van der Waals surface area contributed by atoms with E-state index < -0.39 is 0 Å². The van der Waals surface area contributed by atoms with Crippen LogP contribution in [0.4, 0.5) is 4.39 Å². The molecule has 2 aromatic carbocycles. The smallest absolute Gasteiger partial charge is 0.129 e. The third kappa shape index (κ3) is 3.27. The molecule has 2 aromatic rings. The number of hydrogen-bond acceptors (Lipinski definition) is 1. The first-order valence-electron chi connectivity index (χ1n) is 6.29. The first-order valence-corrected chi connectivity index (χ1v) is 8.38. The molecule has 0 N–H and O–H groups in total. The summed E-state index contributed by atoms with van der Waals surface area (Å²) in [5, 5.41) is 0.380. The zero-order valence-corrected chi connectivity index (χ0v) is 15.7. The summed E-state index contributed by atoms with van der Waals surface area (Å²) in [4.78, 5) is -0.319. The third-order valence-corrected chi connectivity index (χ3v) is 5.41. The van der Waals surface area contributed by atoms with Gasteiger partial charge in [0.15, 0.2) is 0 Å². The molecule has 0 aliphatic heterocycles. The van der Waals surface area contributed by atoms with Crippen LogP contribution in [0, 0.1) is 19.7 Å². The lowest BCUT2D eigenvalue weighted by molar-refractivity contribution is 0.406. The molecule has 0 saturated heterocycles. The summed E-state index contributed by atoms with van der Waals surface area (Å²) in [6.07, 6.45) is 0. The largest absolute Gasteiger partial charge is 0.496 e. The Hall–Kier alpha value is -0.580. The zero-order chi connectivity index (χ0) is 15.7. The van der Waals surface area contributed by atoms with Crippen LogP contribution in [0.5, 0.6) is 5.75 Å². The molecule has 21 heavy (non-hydrogen) atoms. The molecular formula is C16H14Br2ClFO. The summed E-state index contributed by atoms with van der Waals surface area (Å²) in [6.45, 7) is 3.94. The number of aryl methyl sites for hydroxylation is 1. The van der Waals surface area contributed by atoms with Crippen molar-refractivity contribution in [2.24, 2.45) is 0 Å². The second kappa shape index (κ2) is 6.67. The molecule has 0 fully saturated rings. The van der Waals surface area contributed by atoms with Crippen molar-refractivity contribution in [1.29, 1.82) is 0 Å². The van der Waals surface area contributed by atoms with E-state index in [1.165, 1.54) is 6.07 Å². The molecule has 0 amide bonds. The summed E-state index contributed by atoms with van der Waals surface area (Å²) in [6, 6.07) is 6.68. The van der Waals surface area contributed by atoms with E-state index in [9.17, 15) is 4.39 Å². The van der Waals surface area contributed by atoms with Gasteiger partial charge in [-0.25, -0.2) is 4.39 Å². The Balaban J connectivity index is 2.65. The number of ether oxygens (including phenoxy) is 1. The van der Waals surface area contributed by atoms with Crippen molar-refractivity contribution in [2.75, 3.05) is 7.11 Å². The topological polar surface area (TPSA) is 9.23 Å². The van der Waals surface area contributed by atoms with E-state index in [4.69, 9.17) is 16.3 Å². The van der Waals surface area contributed by atoms with Gasteiger partial charge in [-0.05, 0) is 43.2 Å². The predicted octanol–water partition coefficient (Wildman–Crippen LogP) is 6.35. The van der Waals surface area contributed by atoms with Crippen molar-refractivity contribution in [3.63, 3.8) is 0 Å². The van der Waals surface area contributed by atoms with Gasteiger partial charge in [0, 0.05) is 20.6 Å². The number of halogens is 4. The second-order valence-corrected chi connectivity index (χ2v) is 6.98. The van der Waals surface area contributed by atoms with Crippen molar-refractivity contribution in [1.82, 2.24) is 0 Å². The van der Waals surface area contributed by atoms with E-state index in [1.807, 2.05) is 19.9 Å². The first kappa shape index (κ1) is 16.8. The fourth-order valence-electron chi connectivity index (χ4n) is 2.31. The van der Waals surface area contributed by atoms with E-state index in [0.29, 0.717) is 10.6 Å². The molecular weight excluding hydrogens is 422 g/mol. The van der Waals surface area contributed by atoms with Gasteiger partial charge in [0.2, 0.25) is 0 Å². The van der Waals surface area contributed by atoms with Crippen LogP contribution in [0.3, 0.4) is 0 Å². The van der Waals surface area contributed by atoms with Crippen LogP contribution < -0.4 is 4.74 Å². The van der Waals surface area contributed by atoms with E-state index in [2.05, 4.69) is 31.9 Å². The van der Waals surface area contributed by atoms with Crippen LogP contribution >= 0.6 is 43.5 Å². The van der Waals surface area contributed by atoms with Crippen LogP contribution in [-0.2, 0) is 0 Å². The number of methoxy groups -OCH3 is 1. The molecule has 0 heterocycles. The molecule has 5 heteroatoms. The quantitative estimate of drug-likeness (QED) is 0.510. The Morgan fingerprint density at radius 1 is 1.24 bits per heavy atom. The molecule has 0 spiro atoms. The molecule has 0 radical (unpaired) electrons. The SMILES string of the molecule is COc1c(C)cc(Br)c(C)c1C(Br)c1ccc(Cl)cc1F. The monoisotopic (exact) mass is 434 g/mol. The summed E-state index contributed by atoms with van der Waals surface area (Å²) < 4.78 is 20.7. The first-order chi connectivity index (χ1) is 9.86. The van der Waals surface area contributed by atoms with Crippen LogP contribution in [0.25, 0.3) is 0 Å². The van der Waals surface area contributed by atoms with Crippen molar-refractivity contribution in [3.8, 4) is 5.75 Å². The number of alkyl halides is 1. The number of rotatable bonds is 3. The van der Waals surface area contributed by atoms with Crippen LogP contribution in [0.2, 0.25) is 5.02 Å². The lowest BCUT2D eigenvalue weighted by Crippen LogP contribution is -2.04. The highest BCUT2D eigenvalue weighted by Gasteiger charge is 2.23. The standard InChI is InChI=1S/C16H14Br2ClFO/c1-8-6-12(17)9(2)14(16(8)21-3)15(18)11-5-4-10(19)7-13(11)20/h4-7,15H,1-3H3. The average Bonchev–Trinajstić information content (AvgIpc) is 2.41.